The highest BCUT2D eigenvalue weighted by molar-refractivity contribution is 5.94. The van der Waals surface area contributed by atoms with E-state index in [1.165, 1.54) is 6.26 Å². The zero-order valence-electron chi connectivity index (χ0n) is 11.4. The topological polar surface area (TPSA) is 71.7 Å². The molecule has 0 aliphatic carbocycles. The molecule has 0 radical (unpaired) electrons. The van der Waals surface area contributed by atoms with E-state index < -0.39 is 6.10 Å². The van der Waals surface area contributed by atoms with Crippen LogP contribution in [0.5, 0.6) is 5.75 Å². The Labute approximate surface area is 117 Å². The maximum absolute atomic E-state index is 12.0. The van der Waals surface area contributed by atoms with Crippen molar-refractivity contribution in [1.82, 2.24) is 5.32 Å². The van der Waals surface area contributed by atoms with Gasteiger partial charge in [0.25, 0.3) is 5.91 Å². The quantitative estimate of drug-likeness (QED) is 0.876. The molecule has 1 atom stereocenters. The van der Waals surface area contributed by atoms with Crippen LogP contribution >= 0.6 is 0 Å². The molecule has 2 N–H and O–H groups in total. The number of amides is 1. The Morgan fingerprint density at radius 2 is 2.25 bits per heavy atom. The summed E-state index contributed by atoms with van der Waals surface area (Å²) < 4.78 is 10.2. The monoisotopic (exact) mass is 275 g/mol. The molecular formula is C15H17NO4. The molecule has 2 aromatic rings. The standard InChI is InChI=1S/C15H17NO4/c1-10-5-6-11(8-14(10)19-2)15(18)16-9-12(17)13-4-3-7-20-13/h3-8,12,17H,9H2,1-2H3,(H,16,18). The molecule has 0 saturated carbocycles. The third kappa shape index (κ3) is 3.19. The fourth-order valence-electron chi connectivity index (χ4n) is 1.83. The van der Waals surface area contributed by atoms with E-state index in [2.05, 4.69) is 5.32 Å². The first-order chi connectivity index (χ1) is 9.61. The number of hydrogen-bond acceptors (Lipinski definition) is 4. The van der Waals surface area contributed by atoms with Crippen molar-refractivity contribution < 1.29 is 19.1 Å². The van der Waals surface area contributed by atoms with Crippen molar-refractivity contribution in [2.24, 2.45) is 0 Å². The molecule has 5 nitrogen and oxygen atoms in total. The Bertz CT molecular complexity index is 578. The zero-order valence-corrected chi connectivity index (χ0v) is 11.4. The van der Waals surface area contributed by atoms with Gasteiger partial charge in [-0.2, -0.15) is 0 Å². The average Bonchev–Trinajstić information content (AvgIpc) is 2.99. The lowest BCUT2D eigenvalue weighted by Gasteiger charge is -2.11. The summed E-state index contributed by atoms with van der Waals surface area (Å²) >= 11 is 0. The Morgan fingerprint density at radius 1 is 1.45 bits per heavy atom. The number of ether oxygens (including phenoxy) is 1. The van der Waals surface area contributed by atoms with E-state index in [1.807, 2.05) is 13.0 Å². The van der Waals surface area contributed by atoms with E-state index in [9.17, 15) is 9.90 Å². The molecule has 106 valence electrons. The predicted octanol–water partition coefficient (Wildman–Crippen LogP) is 2.06. The molecule has 0 spiro atoms. The molecule has 0 bridgehead atoms. The first kappa shape index (κ1) is 14.1. The Morgan fingerprint density at radius 3 is 2.90 bits per heavy atom. The second-order valence-corrected chi connectivity index (χ2v) is 4.43. The van der Waals surface area contributed by atoms with Crippen molar-refractivity contribution in [3.63, 3.8) is 0 Å². The number of carbonyl (C=O) groups is 1. The van der Waals surface area contributed by atoms with Gasteiger partial charge in [0, 0.05) is 5.56 Å². The summed E-state index contributed by atoms with van der Waals surface area (Å²) in [5.41, 5.74) is 1.44. The van der Waals surface area contributed by atoms with Crippen molar-refractivity contribution in [2.45, 2.75) is 13.0 Å². The Hall–Kier alpha value is -2.27. The van der Waals surface area contributed by atoms with Crippen molar-refractivity contribution in [3.8, 4) is 5.75 Å². The molecule has 0 aliphatic rings. The van der Waals surface area contributed by atoms with E-state index >= 15 is 0 Å². The van der Waals surface area contributed by atoms with Crippen LogP contribution in [0.4, 0.5) is 0 Å². The van der Waals surface area contributed by atoms with E-state index in [1.54, 1.807) is 31.4 Å². The van der Waals surface area contributed by atoms with Gasteiger partial charge < -0.3 is 19.6 Å². The molecule has 0 fully saturated rings. The minimum atomic E-state index is -0.860. The lowest BCUT2D eigenvalue weighted by molar-refractivity contribution is 0.0901. The van der Waals surface area contributed by atoms with Crippen LogP contribution in [0.1, 0.15) is 27.8 Å². The summed E-state index contributed by atoms with van der Waals surface area (Å²) in [7, 11) is 1.56. The number of rotatable bonds is 5. The fraction of sp³-hybridized carbons (Fsp3) is 0.267. The molecule has 20 heavy (non-hydrogen) atoms. The van der Waals surface area contributed by atoms with Gasteiger partial charge in [-0.1, -0.05) is 6.07 Å². The van der Waals surface area contributed by atoms with Gasteiger partial charge in [-0.25, -0.2) is 0 Å². The molecule has 2 rings (SSSR count). The van der Waals surface area contributed by atoms with Crippen LogP contribution < -0.4 is 10.1 Å². The zero-order chi connectivity index (χ0) is 14.5. The van der Waals surface area contributed by atoms with Crippen LogP contribution in [0.2, 0.25) is 0 Å². The van der Waals surface area contributed by atoms with Gasteiger partial charge in [0.05, 0.1) is 19.9 Å². The number of aliphatic hydroxyl groups is 1. The van der Waals surface area contributed by atoms with E-state index in [-0.39, 0.29) is 12.5 Å². The van der Waals surface area contributed by atoms with E-state index in [0.717, 1.165) is 5.56 Å². The van der Waals surface area contributed by atoms with E-state index in [0.29, 0.717) is 17.1 Å². The molecule has 1 amide bonds. The van der Waals surface area contributed by atoms with Crippen molar-refractivity contribution in [1.29, 1.82) is 0 Å². The summed E-state index contributed by atoms with van der Waals surface area (Å²) in [6.45, 7) is 1.99. The SMILES string of the molecule is COc1cc(C(=O)NCC(O)c2ccco2)ccc1C. The molecule has 1 heterocycles. The summed E-state index contributed by atoms with van der Waals surface area (Å²) in [5.74, 6) is 0.810. The lowest BCUT2D eigenvalue weighted by Crippen LogP contribution is -2.28. The van der Waals surface area contributed by atoms with Crippen LogP contribution in [0.25, 0.3) is 0 Å². The fourth-order valence-corrected chi connectivity index (χ4v) is 1.83. The highest BCUT2D eigenvalue weighted by atomic mass is 16.5. The van der Waals surface area contributed by atoms with Crippen LogP contribution in [0, 0.1) is 6.92 Å². The smallest absolute Gasteiger partial charge is 0.251 e. The molecule has 1 aromatic carbocycles. The first-order valence-corrected chi connectivity index (χ1v) is 6.26. The minimum absolute atomic E-state index is 0.0859. The third-order valence-corrected chi connectivity index (χ3v) is 3.00. The maximum Gasteiger partial charge on any atom is 0.251 e. The average molecular weight is 275 g/mol. The summed E-state index contributed by atoms with van der Waals surface area (Å²) in [6, 6.07) is 8.55. The van der Waals surface area contributed by atoms with Crippen molar-refractivity contribution in [3.05, 3.63) is 53.5 Å². The second-order valence-electron chi connectivity index (χ2n) is 4.43. The van der Waals surface area contributed by atoms with Crippen LogP contribution in [0.3, 0.4) is 0 Å². The Kier molecular flexibility index (Phi) is 4.42. The highest BCUT2D eigenvalue weighted by Crippen LogP contribution is 2.19. The van der Waals surface area contributed by atoms with Crippen molar-refractivity contribution in [2.75, 3.05) is 13.7 Å². The molecule has 1 unspecified atom stereocenters. The lowest BCUT2D eigenvalue weighted by atomic mass is 10.1. The van der Waals surface area contributed by atoms with E-state index in [4.69, 9.17) is 9.15 Å². The number of methoxy groups -OCH3 is 1. The van der Waals surface area contributed by atoms with Gasteiger partial charge in [-0.05, 0) is 36.8 Å². The molecular weight excluding hydrogens is 258 g/mol. The van der Waals surface area contributed by atoms with Gasteiger partial charge in [0.2, 0.25) is 0 Å². The third-order valence-electron chi connectivity index (χ3n) is 3.00. The highest BCUT2D eigenvalue weighted by Gasteiger charge is 2.13. The number of benzene rings is 1. The number of carbonyl (C=O) groups excluding carboxylic acids is 1. The maximum atomic E-state index is 12.0. The van der Waals surface area contributed by atoms with Gasteiger partial charge in [0.15, 0.2) is 0 Å². The Balaban J connectivity index is 1.98. The minimum Gasteiger partial charge on any atom is -0.496 e. The predicted molar refractivity (Wildman–Crippen MR) is 73.7 cm³/mol. The number of aliphatic hydroxyl groups excluding tert-OH is 1. The van der Waals surface area contributed by atoms with Crippen LogP contribution in [0.15, 0.2) is 41.0 Å². The first-order valence-electron chi connectivity index (χ1n) is 6.26. The number of furan rings is 1. The largest absolute Gasteiger partial charge is 0.496 e. The van der Waals surface area contributed by atoms with Crippen molar-refractivity contribution >= 4 is 5.91 Å². The summed E-state index contributed by atoms with van der Waals surface area (Å²) in [4.78, 5) is 12.0. The van der Waals surface area contributed by atoms with Crippen LogP contribution in [-0.2, 0) is 0 Å². The van der Waals surface area contributed by atoms with Gasteiger partial charge >= 0.3 is 0 Å². The number of aryl methyl sites for hydroxylation is 1. The number of hydrogen-bond donors (Lipinski definition) is 2. The normalized spacial score (nSPS) is 11.9. The van der Waals surface area contributed by atoms with Gasteiger partial charge in [0.1, 0.15) is 17.6 Å². The summed E-state index contributed by atoms with van der Waals surface area (Å²) in [5, 5.41) is 12.5. The van der Waals surface area contributed by atoms with Gasteiger partial charge in [-0.15, -0.1) is 0 Å². The van der Waals surface area contributed by atoms with Gasteiger partial charge in [-0.3, -0.25) is 4.79 Å². The molecule has 1 aromatic heterocycles. The second kappa shape index (κ2) is 6.25. The molecule has 0 saturated heterocycles. The molecule has 5 heteroatoms. The van der Waals surface area contributed by atoms with Crippen LogP contribution in [-0.4, -0.2) is 24.7 Å². The molecule has 0 aliphatic heterocycles. The summed E-state index contributed by atoms with van der Waals surface area (Å²) in [6.07, 6.45) is 0.617. The number of nitrogens with one attached hydrogen (secondary N) is 1.